The lowest BCUT2D eigenvalue weighted by Crippen LogP contribution is -2.50. The Hall–Kier alpha value is -0.610. The Balaban J connectivity index is 2.44. The lowest BCUT2D eigenvalue weighted by molar-refractivity contribution is -0.150. The summed E-state index contributed by atoms with van der Waals surface area (Å²) in [7, 11) is 0. The number of carbonyl (C=O) groups is 1. The van der Waals surface area contributed by atoms with Gasteiger partial charge in [-0.05, 0) is 59.0 Å². The van der Waals surface area contributed by atoms with Crippen molar-refractivity contribution in [3.05, 3.63) is 0 Å². The normalized spacial score (nSPS) is 26.4. The summed E-state index contributed by atoms with van der Waals surface area (Å²) in [5, 5.41) is 3.30. The van der Waals surface area contributed by atoms with E-state index < -0.39 is 5.54 Å². The van der Waals surface area contributed by atoms with Gasteiger partial charge >= 0.3 is 5.97 Å². The molecule has 0 bridgehead atoms. The van der Waals surface area contributed by atoms with Crippen molar-refractivity contribution in [1.82, 2.24) is 10.2 Å². The smallest absolute Gasteiger partial charge is 0.326 e. The fourth-order valence-corrected chi connectivity index (χ4v) is 3.28. The molecule has 0 radical (unpaired) electrons. The molecule has 1 aliphatic heterocycles. The summed E-state index contributed by atoms with van der Waals surface area (Å²) in [5.74, 6) is 0.680. The number of nitrogens with zero attached hydrogens (tertiary/aromatic N) is 1. The van der Waals surface area contributed by atoms with Crippen LogP contribution in [-0.4, -0.2) is 48.7 Å². The van der Waals surface area contributed by atoms with E-state index in [9.17, 15) is 4.79 Å². The largest absolute Gasteiger partial charge is 0.465 e. The van der Waals surface area contributed by atoms with Gasteiger partial charge < -0.3 is 15.0 Å². The second-order valence-electron chi connectivity index (χ2n) is 6.37. The molecule has 4 nitrogen and oxygen atoms in total. The first kappa shape index (κ1) is 17.4. The van der Waals surface area contributed by atoms with E-state index >= 15 is 0 Å². The molecule has 4 heteroatoms. The average Bonchev–Trinajstić information content (AvgIpc) is 2.68. The van der Waals surface area contributed by atoms with E-state index in [2.05, 4.69) is 24.1 Å². The lowest BCUT2D eigenvalue weighted by Gasteiger charge is -2.29. The molecule has 1 saturated heterocycles. The standard InChI is InChI=1S/C16H32N2O2/c1-6-17-16(5,15(19)20-7-2)9-8-10-18-12-13(3)11-14(18)4/h13-14,17H,6-12H2,1-5H3. The van der Waals surface area contributed by atoms with Crippen LogP contribution in [0.25, 0.3) is 0 Å². The summed E-state index contributed by atoms with van der Waals surface area (Å²) in [6.07, 6.45) is 3.15. The van der Waals surface area contributed by atoms with Crippen molar-refractivity contribution in [1.29, 1.82) is 0 Å². The van der Waals surface area contributed by atoms with Crippen LogP contribution in [-0.2, 0) is 9.53 Å². The van der Waals surface area contributed by atoms with E-state index in [4.69, 9.17) is 4.74 Å². The molecule has 1 fully saturated rings. The SMILES string of the molecule is CCNC(C)(CCCN1CC(C)CC1C)C(=O)OCC. The highest BCUT2D eigenvalue weighted by atomic mass is 16.5. The molecule has 0 aromatic rings. The van der Waals surface area contributed by atoms with Gasteiger partial charge in [0.1, 0.15) is 5.54 Å². The van der Waals surface area contributed by atoms with E-state index in [-0.39, 0.29) is 5.97 Å². The van der Waals surface area contributed by atoms with Gasteiger partial charge in [0.25, 0.3) is 0 Å². The molecule has 0 saturated carbocycles. The Morgan fingerprint density at radius 3 is 2.60 bits per heavy atom. The number of hydrogen-bond acceptors (Lipinski definition) is 4. The molecule has 0 spiro atoms. The summed E-state index contributed by atoms with van der Waals surface area (Å²) in [6, 6.07) is 0.679. The highest BCUT2D eigenvalue weighted by Crippen LogP contribution is 2.23. The molecule has 0 aromatic heterocycles. The molecule has 1 aliphatic rings. The Morgan fingerprint density at radius 1 is 1.40 bits per heavy atom. The van der Waals surface area contributed by atoms with Gasteiger partial charge in [-0.2, -0.15) is 0 Å². The van der Waals surface area contributed by atoms with E-state index in [1.54, 1.807) is 0 Å². The number of nitrogens with one attached hydrogen (secondary N) is 1. The van der Waals surface area contributed by atoms with E-state index in [1.165, 1.54) is 13.0 Å². The minimum absolute atomic E-state index is 0.121. The van der Waals surface area contributed by atoms with Crippen LogP contribution >= 0.6 is 0 Å². The van der Waals surface area contributed by atoms with Gasteiger partial charge in [-0.1, -0.05) is 13.8 Å². The minimum atomic E-state index is -0.542. The number of esters is 1. The van der Waals surface area contributed by atoms with Gasteiger partial charge in [0, 0.05) is 12.6 Å². The van der Waals surface area contributed by atoms with Gasteiger partial charge in [0.15, 0.2) is 0 Å². The van der Waals surface area contributed by atoms with Gasteiger partial charge in [-0.3, -0.25) is 4.79 Å². The van der Waals surface area contributed by atoms with Crippen LogP contribution in [0.3, 0.4) is 0 Å². The van der Waals surface area contributed by atoms with Crippen molar-refractivity contribution in [3.8, 4) is 0 Å². The van der Waals surface area contributed by atoms with E-state index in [1.807, 2.05) is 20.8 Å². The molecule has 1 N–H and O–H groups in total. The number of hydrogen-bond donors (Lipinski definition) is 1. The Labute approximate surface area is 124 Å². The number of likely N-dealkylation sites (N-methyl/N-ethyl adjacent to an activating group) is 1. The summed E-state index contributed by atoms with van der Waals surface area (Å²) in [6.45, 7) is 14.0. The van der Waals surface area contributed by atoms with Gasteiger partial charge in [-0.25, -0.2) is 0 Å². The molecule has 0 aliphatic carbocycles. The van der Waals surface area contributed by atoms with Crippen LogP contribution < -0.4 is 5.32 Å². The van der Waals surface area contributed by atoms with Gasteiger partial charge in [0.2, 0.25) is 0 Å². The molecule has 0 aromatic carbocycles. The molecular weight excluding hydrogens is 252 g/mol. The van der Waals surface area contributed by atoms with Gasteiger partial charge in [0.05, 0.1) is 6.61 Å². The predicted molar refractivity (Wildman–Crippen MR) is 82.8 cm³/mol. The van der Waals surface area contributed by atoms with Crippen LogP contribution in [0.5, 0.6) is 0 Å². The van der Waals surface area contributed by atoms with Crippen LogP contribution in [0.2, 0.25) is 0 Å². The van der Waals surface area contributed by atoms with Crippen LogP contribution in [0, 0.1) is 5.92 Å². The lowest BCUT2D eigenvalue weighted by atomic mass is 9.95. The fourth-order valence-electron chi connectivity index (χ4n) is 3.28. The van der Waals surface area contributed by atoms with Gasteiger partial charge in [-0.15, -0.1) is 0 Å². The van der Waals surface area contributed by atoms with E-state index in [0.717, 1.165) is 31.8 Å². The highest BCUT2D eigenvalue weighted by Gasteiger charge is 2.34. The maximum absolute atomic E-state index is 12.1. The zero-order valence-corrected chi connectivity index (χ0v) is 13.9. The van der Waals surface area contributed by atoms with Crippen molar-refractivity contribution in [2.75, 3.05) is 26.2 Å². The minimum Gasteiger partial charge on any atom is -0.465 e. The van der Waals surface area contributed by atoms with Crippen molar-refractivity contribution in [2.45, 2.75) is 65.5 Å². The number of rotatable bonds is 8. The first-order valence-corrected chi connectivity index (χ1v) is 8.09. The first-order valence-electron chi connectivity index (χ1n) is 8.09. The zero-order chi connectivity index (χ0) is 15.2. The van der Waals surface area contributed by atoms with Crippen molar-refractivity contribution in [2.24, 2.45) is 5.92 Å². The molecular formula is C16H32N2O2. The van der Waals surface area contributed by atoms with Crippen molar-refractivity contribution < 1.29 is 9.53 Å². The maximum atomic E-state index is 12.1. The summed E-state index contributed by atoms with van der Waals surface area (Å²) in [5.41, 5.74) is -0.542. The highest BCUT2D eigenvalue weighted by molar-refractivity contribution is 5.80. The first-order chi connectivity index (χ1) is 9.42. The molecule has 1 heterocycles. The summed E-state index contributed by atoms with van der Waals surface area (Å²) >= 11 is 0. The molecule has 20 heavy (non-hydrogen) atoms. The van der Waals surface area contributed by atoms with Crippen LogP contribution in [0.15, 0.2) is 0 Å². The van der Waals surface area contributed by atoms with Crippen LogP contribution in [0.1, 0.15) is 53.9 Å². The number of carbonyl (C=O) groups excluding carboxylic acids is 1. The van der Waals surface area contributed by atoms with Crippen LogP contribution in [0.4, 0.5) is 0 Å². The summed E-state index contributed by atoms with van der Waals surface area (Å²) < 4.78 is 5.21. The topological polar surface area (TPSA) is 41.6 Å². The zero-order valence-electron chi connectivity index (χ0n) is 13.9. The maximum Gasteiger partial charge on any atom is 0.326 e. The third-order valence-electron chi connectivity index (χ3n) is 4.33. The Bertz CT molecular complexity index is 309. The number of ether oxygens (including phenoxy) is 1. The third kappa shape index (κ3) is 4.74. The quantitative estimate of drug-likeness (QED) is 0.695. The molecule has 1 rings (SSSR count). The Morgan fingerprint density at radius 2 is 2.10 bits per heavy atom. The van der Waals surface area contributed by atoms with Crippen molar-refractivity contribution >= 4 is 5.97 Å². The monoisotopic (exact) mass is 284 g/mol. The molecule has 118 valence electrons. The molecule has 3 atom stereocenters. The van der Waals surface area contributed by atoms with E-state index in [0.29, 0.717) is 12.6 Å². The second kappa shape index (κ2) is 7.99. The third-order valence-corrected chi connectivity index (χ3v) is 4.33. The molecule has 0 amide bonds. The second-order valence-corrected chi connectivity index (χ2v) is 6.37. The fraction of sp³-hybridized carbons (Fsp3) is 0.938. The number of likely N-dealkylation sites (tertiary alicyclic amines) is 1. The van der Waals surface area contributed by atoms with Crippen molar-refractivity contribution in [3.63, 3.8) is 0 Å². The Kier molecular flexibility index (Phi) is 6.96. The summed E-state index contributed by atoms with van der Waals surface area (Å²) in [4.78, 5) is 14.6. The molecule has 3 unspecified atom stereocenters. The average molecular weight is 284 g/mol. The predicted octanol–water partition coefficient (Wildman–Crippen LogP) is 2.43.